The van der Waals surface area contributed by atoms with E-state index in [9.17, 15) is 4.79 Å². The van der Waals surface area contributed by atoms with Crippen LogP contribution in [0.15, 0.2) is 22.8 Å². The molecule has 6 heteroatoms. The van der Waals surface area contributed by atoms with Crippen LogP contribution < -0.4 is 10.2 Å². The number of carbonyl (C=O) groups is 1. The van der Waals surface area contributed by atoms with Crippen LogP contribution in [0.2, 0.25) is 0 Å². The zero-order chi connectivity index (χ0) is 16.2. The number of halogens is 1. The number of anilines is 1. The number of nitrogens with one attached hydrogen (secondary N) is 1. The Bertz CT molecular complexity index is 516. The number of amides is 1. The molecule has 1 aliphatic rings. The normalized spacial score (nSPS) is 18.9. The maximum atomic E-state index is 11.7. The van der Waals surface area contributed by atoms with Gasteiger partial charge in [-0.25, -0.2) is 9.78 Å². The molecule has 0 bridgehead atoms. The van der Waals surface area contributed by atoms with Crippen molar-refractivity contribution < 1.29 is 9.53 Å². The third-order valence-electron chi connectivity index (χ3n) is 3.48. The van der Waals surface area contributed by atoms with Crippen molar-refractivity contribution in [1.82, 2.24) is 10.3 Å². The molecule has 0 aliphatic carbocycles. The summed E-state index contributed by atoms with van der Waals surface area (Å²) in [4.78, 5) is 18.5. The summed E-state index contributed by atoms with van der Waals surface area (Å²) in [6, 6.07) is 5.94. The van der Waals surface area contributed by atoms with Crippen molar-refractivity contribution in [2.45, 2.75) is 39.2 Å². The van der Waals surface area contributed by atoms with Gasteiger partial charge in [0.05, 0.1) is 0 Å². The highest BCUT2D eigenvalue weighted by Crippen LogP contribution is 2.22. The molecule has 1 aromatic rings. The van der Waals surface area contributed by atoms with E-state index in [4.69, 9.17) is 4.74 Å². The van der Waals surface area contributed by atoms with Gasteiger partial charge in [-0.05, 0) is 67.6 Å². The lowest BCUT2D eigenvalue weighted by Crippen LogP contribution is -2.42. The SMILES string of the molecule is CC(C)(C)OC(=O)NC[C@H]1CCCN(c2cccc(Br)n2)C1. The van der Waals surface area contributed by atoms with Crippen molar-refractivity contribution >= 4 is 27.8 Å². The van der Waals surface area contributed by atoms with E-state index >= 15 is 0 Å². The summed E-state index contributed by atoms with van der Waals surface area (Å²) in [6.07, 6.45) is 1.88. The molecule has 1 amide bonds. The van der Waals surface area contributed by atoms with Gasteiger partial charge in [0, 0.05) is 19.6 Å². The Kier molecular flexibility index (Phi) is 5.67. The van der Waals surface area contributed by atoms with Crippen LogP contribution in [0, 0.1) is 5.92 Å². The molecule has 122 valence electrons. The smallest absolute Gasteiger partial charge is 0.407 e. The molecular weight excluding hydrogens is 346 g/mol. The van der Waals surface area contributed by atoms with Crippen LogP contribution in [0.1, 0.15) is 33.6 Å². The van der Waals surface area contributed by atoms with Gasteiger partial charge in [0.25, 0.3) is 0 Å². The first-order valence-corrected chi connectivity index (χ1v) is 8.47. The van der Waals surface area contributed by atoms with Gasteiger partial charge >= 0.3 is 6.09 Å². The molecule has 0 aromatic carbocycles. The highest BCUT2D eigenvalue weighted by atomic mass is 79.9. The van der Waals surface area contributed by atoms with E-state index in [2.05, 4.69) is 31.1 Å². The zero-order valence-corrected chi connectivity index (χ0v) is 15.0. The van der Waals surface area contributed by atoms with E-state index in [1.165, 1.54) is 0 Å². The predicted octanol–water partition coefficient (Wildman–Crippen LogP) is 3.59. The number of nitrogens with zero attached hydrogens (tertiary/aromatic N) is 2. The number of carbonyl (C=O) groups excluding carboxylic acids is 1. The summed E-state index contributed by atoms with van der Waals surface area (Å²) >= 11 is 3.41. The van der Waals surface area contributed by atoms with Crippen LogP contribution in [0.25, 0.3) is 0 Å². The molecule has 0 unspecified atom stereocenters. The summed E-state index contributed by atoms with van der Waals surface area (Å²) < 4.78 is 6.12. The predicted molar refractivity (Wildman–Crippen MR) is 91.1 cm³/mol. The second kappa shape index (κ2) is 7.31. The van der Waals surface area contributed by atoms with Crippen LogP contribution >= 0.6 is 15.9 Å². The Balaban J connectivity index is 1.85. The first kappa shape index (κ1) is 17.1. The van der Waals surface area contributed by atoms with Crippen LogP contribution in [-0.2, 0) is 4.74 Å². The lowest BCUT2D eigenvalue weighted by atomic mass is 9.98. The van der Waals surface area contributed by atoms with Gasteiger partial charge in [0.15, 0.2) is 0 Å². The lowest BCUT2D eigenvalue weighted by molar-refractivity contribution is 0.0517. The fourth-order valence-corrected chi connectivity index (χ4v) is 2.89. The van der Waals surface area contributed by atoms with Crippen molar-refractivity contribution in [1.29, 1.82) is 0 Å². The van der Waals surface area contributed by atoms with Gasteiger partial charge in [-0.2, -0.15) is 0 Å². The minimum atomic E-state index is -0.455. The van der Waals surface area contributed by atoms with Crippen molar-refractivity contribution in [3.63, 3.8) is 0 Å². The number of pyridine rings is 1. The van der Waals surface area contributed by atoms with E-state index in [1.54, 1.807) is 0 Å². The van der Waals surface area contributed by atoms with Crippen LogP contribution in [0.4, 0.5) is 10.6 Å². The molecule has 5 nitrogen and oxygen atoms in total. The quantitative estimate of drug-likeness (QED) is 0.827. The van der Waals surface area contributed by atoms with Gasteiger partial charge in [0.1, 0.15) is 16.0 Å². The fraction of sp³-hybridized carbons (Fsp3) is 0.625. The molecule has 1 aromatic heterocycles. The number of hydrogen-bond donors (Lipinski definition) is 1. The van der Waals surface area contributed by atoms with E-state index in [1.807, 2.05) is 39.0 Å². The number of rotatable bonds is 3. The Morgan fingerprint density at radius 1 is 1.50 bits per heavy atom. The maximum Gasteiger partial charge on any atom is 0.407 e. The Morgan fingerprint density at radius 2 is 2.27 bits per heavy atom. The van der Waals surface area contributed by atoms with Crippen LogP contribution in [0.3, 0.4) is 0 Å². The second-order valence-electron chi connectivity index (χ2n) is 6.66. The highest BCUT2D eigenvalue weighted by Gasteiger charge is 2.23. The van der Waals surface area contributed by atoms with Gasteiger partial charge in [0.2, 0.25) is 0 Å². The van der Waals surface area contributed by atoms with Crippen LogP contribution in [0.5, 0.6) is 0 Å². The van der Waals surface area contributed by atoms with Gasteiger partial charge in [-0.1, -0.05) is 6.07 Å². The van der Waals surface area contributed by atoms with E-state index in [-0.39, 0.29) is 6.09 Å². The van der Waals surface area contributed by atoms with Crippen molar-refractivity contribution in [2.24, 2.45) is 5.92 Å². The average molecular weight is 370 g/mol. The Hall–Kier alpha value is -1.30. The number of ether oxygens (including phenoxy) is 1. The van der Waals surface area contributed by atoms with Crippen molar-refractivity contribution in [2.75, 3.05) is 24.5 Å². The molecule has 0 spiro atoms. The molecule has 22 heavy (non-hydrogen) atoms. The molecule has 1 atom stereocenters. The molecule has 2 rings (SSSR count). The minimum Gasteiger partial charge on any atom is -0.444 e. The molecule has 0 radical (unpaired) electrons. The number of alkyl carbamates (subject to hydrolysis) is 1. The monoisotopic (exact) mass is 369 g/mol. The van der Waals surface area contributed by atoms with E-state index in [0.29, 0.717) is 12.5 Å². The van der Waals surface area contributed by atoms with Gasteiger partial charge in [-0.3, -0.25) is 0 Å². The Morgan fingerprint density at radius 3 is 2.95 bits per heavy atom. The number of piperidine rings is 1. The highest BCUT2D eigenvalue weighted by molar-refractivity contribution is 9.10. The fourth-order valence-electron chi connectivity index (χ4n) is 2.56. The van der Waals surface area contributed by atoms with Crippen LogP contribution in [-0.4, -0.2) is 36.3 Å². The number of hydrogen-bond acceptors (Lipinski definition) is 4. The molecule has 1 saturated heterocycles. The topological polar surface area (TPSA) is 54.5 Å². The number of aromatic nitrogens is 1. The largest absolute Gasteiger partial charge is 0.444 e. The summed E-state index contributed by atoms with van der Waals surface area (Å²) in [6.45, 7) is 8.15. The molecule has 1 N–H and O–H groups in total. The summed E-state index contributed by atoms with van der Waals surface area (Å²) in [7, 11) is 0. The Labute approximate surface area is 140 Å². The first-order chi connectivity index (χ1) is 10.3. The molecule has 1 fully saturated rings. The van der Waals surface area contributed by atoms with Gasteiger partial charge < -0.3 is 15.0 Å². The zero-order valence-electron chi connectivity index (χ0n) is 13.4. The average Bonchev–Trinajstić information content (AvgIpc) is 2.44. The standard InChI is InChI=1S/C16H24BrN3O2/c1-16(2,3)22-15(21)18-10-12-6-5-9-20(11-12)14-8-4-7-13(17)19-14/h4,7-8,12H,5-6,9-11H2,1-3H3,(H,18,21)/t12-/m1/s1. The summed E-state index contributed by atoms with van der Waals surface area (Å²) in [5.41, 5.74) is -0.455. The lowest BCUT2D eigenvalue weighted by Gasteiger charge is -2.33. The third kappa shape index (κ3) is 5.48. The molecule has 0 saturated carbocycles. The third-order valence-corrected chi connectivity index (χ3v) is 3.92. The second-order valence-corrected chi connectivity index (χ2v) is 7.47. The summed E-state index contributed by atoms with van der Waals surface area (Å²) in [5, 5.41) is 2.87. The molecule has 1 aliphatic heterocycles. The molecule has 2 heterocycles. The maximum absolute atomic E-state index is 11.7. The van der Waals surface area contributed by atoms with E-state index < -0.39 is 5.60 Å². The summed E-state index contributed by atoms with van der Waals surface area (Å²) in [5.74, 6) is 1.40. The van der Waals surface area contributed by atoms with Gasteiger partial charge in [-0.15, -0.1) is 0 Å². The first-order valence-electron chi connectivity index (χ1n) is 7.68. The van der Waals surface area contributed by atoms with E-state index in [0.717, 1.165) is 36.4 Å². The van der Waals surface area contributed by atoms with Crippen molar-refractivity contribution in [3.05, 3.63) is 22.8 Å². The van der Waals surface area contributed by atoms with Crippen molar-refractivity contribution in [3.8, 4) is 0 Å². The minimum absolute atomic E-state index is 0.342. The molecular formula is C16H24BrN3O2.